The molecule has 17 heavy (non-hydrogen) atoms. The van der Waals surface area contributed by atoms with Crippen LogP contribution in [0.4, 0.5) is 0 Å². The fourth-order valence-corrected chi connectivity index (χ4v) is 3.35. The van der Waals surface area contributed by atoms with E-state index >= 15 is 0 Å². The van der Waals surface area contributed by atoms with Crippen molar-refractivity contribution < 1.29 is 4.74 Å². The molecule has 0 spiro atoms. The first-order valence-corrected chi connectivity index (χ1v) is 6.85. The fraction of sp³-hybridized carbons (Fsp3) is 1.00. The highest BCUT2D eigenvalue weighted by Crippen LogP contribution is 2.32. The SMILES string of the molecule is COCCN1CCC(N2CCNCC2)C1(C)C. The Hall–Kier alpha value is -0.160. The molecule has 0 aliphatic carbocycles. The van der Waals surface area contributed by atoms with Gasteiger partial charge in [0.1, 0.15) is 0 Å². The minimum atomic E-state index is 0.288. The summed E-state index contributed by atoms with van der Waals surface area (Å²) in [4.78, 5) is 5.26. The van der Waals surface area contributed by atoms with E-state index in [1.165, 1.54) is 26.1 Å². The fourth-order valence-electron chi connectivity index (χ4n) is 3.35. The van der Waals surface area contributed by atoms with Crippen molar-refractivity contribution in [2.45, 2.75) is 31.8 Å². The van der Waals surface area contributed by atoms with Crippen LogP contribution in [0.2, 0.25) is 0 Å². The third kappa shape index (κ3) is 2.81. The molecule has 0 bridgehead atoms. The zero-order valence-electron chi connectivity index (χ0n) is 11.5. The van der Waals surface area contributed by atoms with Crippen LogP contribution < -0.4 is 5.32 Å². The predicted octanol–water partition coefficient (Wildman–Crippen LogP) is 0.391. The molecule has 100 valence electrons. The van der Waals surface area contributed by atoms with Crippen molar-refractivity contribution in [3.8, 4) is 0 Å². The third-order valence-corrected chi connectivity index (χ3v) is 4.46. The van der Waals surface area contributed by atoms with Crippen molar-refractivity contribution in [1.29, 1.82) is 0 Å². The molecule has 2 aliphatic rings. The molecule has 0 aromatic carbocycles. The largest absolute Gasteiger partial charge is 0.383 e. The third-order valence-electron chi connectivity index (χ3n) is 4.46. The first kappa shape index (κ1) is 13.3. The Labute approximate surface area is 105 Å². The van der Waals surface area contributed by atoms with E-state index in [9.17, 15) is 0 Å². The van der Waals surface area contributed by atoms with Gasteiger partial charge in [0.2, 0.25) is 0 Å². The van der Waals surface area contributed by atoms with Gasteiger partial charge in [-0.3, -0.25) is 9.80 Å². The number of nitrogens with zero attached hydrogens (tertiary/aromatic N) is 2. The van der Waals surface area contributed by atoms with E-state index in [0.29, 0.717) is 6.04 Å². The van der Waals surface area contributed by atoms with Crippen LogP contribution >= 0.6 is 0 Å². The van der Waals surface area contributed by atoms with Crippen LogP contribution in [0.5, 0.6) is 0 Å². The quantitative estimate of drug-likeness (QED) is 0.771. The maximum Gasteiger partial charge on any atom is 0.0589 e. The number of ether oxygens (including phenoxy) is 1. The van der Waals surface area contributed by atoms with Crippen molar-refractivity contribution in [3.63, 3.8) is 0 Å². The second-order valence-electron chi connectivity index (χ2n) is 5.72. The summed E-state index contributed by atoms with van der Waals surface area (Å²) in [5, 5.41) is 3.44. The van der Waals surface area contributed by atoms with E-state index in [0.717, 1.165) is 26.2 Å². The summed E-state index contributed by atoms with van der Waals surface area (Å²) in [5.74, 6) is 0. The van der Waals surface area contributed by atoms with Gasteiger partial charge in [-0.15, -0.1) is 0 Å². The van der Waals surface area contributed by atoms with E-state index in [1.54, 1.807) is 7.11 Å². The maximum absolute atomic E-state index is 5.21. The number of piperazine rings is 1. The van der Waals surface area contributed by atoms with Gasteiger partial charge in [0.15, 0.2) is 0 Å². The normalized spacial score (nSPS) is 30.9. The van der Waals surface area contributed by atoms with Gasteiger partial charge in [-0.2, -0.15) is 0 Å². The number of nitrogens with one attached hydrogen (secondary N) is 1. The molecular weight excluding hydrogens is 214 g/mol. The van der Waals surface area contributed by atoms with E-state index in [2.05, 4.69) is 29.0 Å². The molecule has 2 fully saturated rings. The lowest BCUT2D eigenvalue weighted by Gasteiger charge is -2.43. The highest BCUT2D eigenvalue weighted by Gasteiger charge is 2.43. The zero-order chi connectivity index (χ0) is 12.3. The van der Waals surface area contributed by atoms with Crippen LogP contribution in [0.15, 0.2) is 0 Å². The minimum absolute atomic E-state index is 0.288. The van der Waals surface area contributed by atoms with Gasteiger partial charge in [0.05, 0.1) is 6.61 Å². The van der Waals surface area contributed by atoms with E-state index in [1.807, 2.05) is 0 Å². The number of hydrogen-bond donors (Lipinski definition) is 1. The molecule has 1 atom stereocenters. The Bertz CT molecular complexity index is 239. The van der Waals surface area contributed by atoms with Crippen LogP contribution in [0.1, 0.15) is 20.3 Å². The molecule has 0 saturated carbocycles. The van der Waals surface area contributed by atoms with Gasteiger partial charge >= 0.3 is 0 Å². The summed E-state index contributed by atoms with van der Waals surface area (Å²) in [6.45, 7) is 12.6. The molecule has 4 heteroatoms. The van der Waals surface area contributed by atoms with Crippen LogP contribution in [0.25, 0.3) is 0 Å². The van der Waals surface area contributed by atoms with Gasteiger partial charge < -0.3 is 10.1 Å². The zero-order valence-corrected chi connectivity index (χ0v) is 11.5. The lowest BCUT2D eigenvalue weighted by Crippen LogP contribution is -2.57. The maximum atomic E-state index is 5.21. The molecule has 2 saturated heterocycles. The molecule has 2 heterocycles. The van der Waals surface area contributed by atoms with E-state index in [-0.39, 0.29) is 5.54 Å². The van der Waals surface area contributed by atoms with Gasteiger partial charge in [-0.25, -0.2) is 0 Å². The predicted molar refractivity (Wildman–Crippen MR) is 70.4 cm³/mol. The standard InChI is InChI=1S/C13H27N3O/c1-13(2)12(15-8-5-14-6-9-15)4-7-16(13)10-11-17-3/h12,14H,4-11H2,1-3H3. The highest BCUT2D eigenvalue weighted by atomic mass is 16.5. The summed E-state index contributed by atoms with van der Waals surface area (Å²) in [6.07, 6.45) is 1.30. The minimum Gasteiger partial charge on any atom is -0.383 e. The molecule has 0 amide bonds. The van der Waals surface area contributed by atoms with Gasteiger partial charge in [-0.05, 0) is 20.3 Å². The van der Waals surface area contributed by atoms with E-state index in [4.69, 9.17) is 4.74 Å². The molecule has 2 rings (SSSR count). The Balaban J connectivity index is 1.95. The highest BCUT2D eigenvalue weighted by molar-refractivity contribution is 5.01. The van der Waals surface area contributed by atoms with E-state index < -0.39 is 0 Å². The Morgan fingerprint density at radius 1 is 1.24 bits per heavy atom. The monoisotopic (exact) mass is 241 g/mol. The molecular formula is C13H27N3O. The van der Waals surface area contributed by atoms with Gasteiger partial charge in [0, 0.05) is 58.0 Å². The second kappa shape index (κ2) is 5.65. The summed E-state index contributed by atoms with van der Waals surface area (Å²) in [5.41, 5.74) is 0.288. The average Bonchev–Trinajstić information content (AvgIpc) is 2.63. The first-order chi connectivity index (χ1) is 8.16. The van der Waals surface area contributed by atoms with Crippen molar-refractivity contribution >= 4 is 0 Å². The Morgan fingerprint density at radius 2 is 1.94 bits per heavy atom. The first-order valence-electron chi connectivity index (χ1n) is 6.85. The lowest BCUT2D eigenvalue weighted by molar-refractivity contribution is 0.0553. The number of hydrogen-bond acceptors (Lipinski definition) is 4. The molecule has 2 aliphatic heterocycles. The molecule has 0 radical (unpaired) electrons. The van der Waals surface area contributed by atoms with Crippen LogP contribution in [-0.4, -0.2) is 74.4 Å². The molecule has 1 unspecified atom stereocenters. The summed E-state index contributed by atoms with van der Waals surface area (Å²) >= 11 is 0. The molecule has 4 nitrogen and oxygen atoms in total. The van der Waals surface area contributed by atoms with Gasteiger partial charge in [0.25, 0.3) is 0 Å². The second-order valence-corrected chi connectivity index (χ2v) is 5.72. The van der Waals surface area contributed by atoms with Crippen molar-refractivity contribution in [3.05, 3.63) is 0 Å². The number of likely N-dealkylation sites (tertiary alicyclic amines) is 1. The Kier molecular flexibility index (Phi) is 4.42. The van der Waals surface area contributed by atoms with Crippen LogP contribution in [-0.2, 0) is 4.74 Å². The van der Waals surface area contributed by atoms with Gasteiger partial charge in [-0.1, -0.05) is 0 Å². The molecule has 0 aromatic heterocycles. The molecule has 0 aromatic rings. The smallest absolute Gasteiger partial charge is 0.0589 e. The Morgan fingerprint density at radius 3 is 2.59 bits per heavy atom. The lowest BCUT2D eigenvalue weighted by atomic mass is 9.93. The van der Waals surface area contributed by atoms with Crippen molar-refractivity contribution in [1.82, 2.24) is 15.1 Å². The van der Waals surface area contributed by atoms with Crippen molar-refractivity contribution in [2.24, 2.45) is 0 Å². The summed E-state index contributed by atoms with van der Waals surface area (Å²) < 4.78 is 5.21. The van der Waals surface area contributed by atoms with Crippen LogP contribution in [0, 0.1) is 0 Å². The van der Waals surface area contributed by atoms with Crippen molar-refractivity contribution in [2.75, 3.05) is 53.0 Å². The summed E-state index contributed by atoms with van der Waals surface area (Å²) in [6, 6.07) is 0.710. The van der Waals surface area contributed by atoms with Crippen LogP contribution in [0.3, 0.4) is 0 Å². The molecule has 1 N–H and O–H groups in total. The number of rotatable bonds is 4. The number of methoxy groups -OCH3 is 1. The topological polar surface area (TPSA) is 27.7 Å². The average molecular weight is 241 g/mol. The summed E-state index contributed by atoms with van der Waals surface area (Å²) in [7, 11) is 1.79.